The van der Waals surface area contributed by atoms with E-state index in [1.54, 1.807) is 4.31 Å². The lowest BCUT2D eigenvalue weighted by Gasteiger charge is -2.22. The van der Waals surface area contributed by atoms with Gasteiger partial charge in [0.05, 0.1) is 12.8 Å². The van der Waals surface area contributed by atoms with Crippen LogP contribution in [0.15, 0.2) is 35.3 Å². The second-order valence-electron chi connectivity index (χ2n) is 8.23. The Morgan fingerprint density at radius 3 is 2.72 bits per heavy atom. The van der Waals surface area contributed by atoms with Crippen molar-refractivity contribution in [1.82, 2.24) is 19.8 Å². The summed E-state index contributed by atoms with van der Waals surface area (Å²) in [6.07, 6.45) is 4.14. The fourth-order valence-corrected chi connectivity index (χ4v) is 5.55. The topological polar surface area (TPSA) is 77.0 Å². The van der Waals surface area contributed by atoms with E-state index in [9.17, 15) is 8.42 Å². The number of sulfonamides is 1. The zero-order valence-electron chi connectivity index (χ0n) is 17.8. The molecule has 0 bridgehead atoms. The molecule has 2 heterocycles. The summed E-state index contributed by atoms with van der Waals surface area (Å²) < 4.78 is 25.5. The number of hydrogen-bond donors (Lipinski definition) is 2. The molecule has 162 valence electrons. The van der Waals surface area contributed by atoms with Gasteiger partial charge in [0.15, 0.2) is 5.96 Å². The summed E-state index contributed by atoms with van der Waals surface area (Å²) in [7, 11) is -3.16. The molecule has 0 aromatic heterocycles. The first-order valence-electron chi connectivity index (χ1n) is 10.7. The molecule has 0 amide bonds. The molecule has 0 aliphatic carbocycles. The third-order valence-corrected chi connectivity index (χ3v) is 7.16. The lowest BCUT2D eigenvalue weighted by Crippen LogP contribution is -2.45. The van der Waals surface area contributed by atoms with Gasteiger partial charge in [-0.05, 0) is 38.7 Å². The van der Waals surface area contributed by atoms with Crippen molar-refractivity contribution in [1.29, 1.82) is 0 Å². The van der Waals surface area contributed by atoms with Gasteiger partial charge in [-0.1, -0.05) is 30.3 Å². The zero-order chi connectivity index (χ0) is 20.9. The molecule has 2 N–H and O–H groups in total. The molecule has 1 aromatic rings. The van der Waals surface area contributed by atoms with Crippen LogP contribution in [0.3, 0.4) is 0 Å². The van der Waals surface area contributed by atoms with Gasteiger partial charge in [0, 0.05) is 44.3 Å². The monoisotopic (exact) mass is 421 g/mol. The summed E-state index contributed by atoms with van der Waals surface area (Å²) in [4.78, 5) is 7.23. The van der Waals surface area contributed by atoms with Crippen LogP contribution in [0.5, 0.6) is 0 Å². The lowest BCUT2D eigenvalue weighted by molar-refractivity contribution is 0.258. The Bertz CT molecular complexity index is 784. The zero-order valence-corrected chi connectivity index (χ0v) is 18.7. The molecular formula is C21H35N5O2S. The number of nitrogens with one attached hydrogen (secondary N) is 2. The van der Waals surface area contributed by atoms with E-state index in [1.165, 1.54) is 11.8 Å². The number of aliphatic imine (C=N–C) groups is 1. The molecule has 2 aliphatic rings. The van der Waals surface area contributed by atoms with E-state index in [1.807, 2.05) is 0 Å². The maximum absolute atomic E-state index is 12.0. The molecule has 7 nitrogen and oxygen atoms in total. The maximum Gasteiger partial charge on any atom is 0.211 e. The van der Waals surface area contributed by atoms with Crippen molar-refractivity contribution in [3.05, 3.63) is 35.9 Å². The van der Waals surface area contributed by atoms with E-state index in [0.29, 0.717) is 25.2 Å². The van der Waals surface area contributed by atoms with E-state index in [0.717, 1.165) is 44.9 Å². The number of nitrogens with zero attached hydrogens (tertiary/aromatic N) is 3. The Hall–Kier alpha value is -1.64. The first kappa shape index (κ1) is 22.1. The van der Waals surface area contributed by atoms with E-state index < -0.39 is 10.0 Å². The Balaban J connectivity index is 1.58. The minimum Gasteiger partial charge on any atom is -0.357 e. The largest absolute Gasteiger partial charge is 0.357 e. The van der Waals surface area contributed by atoms with Crippen LogP contribution in [-0.4, -0.2) is 74.1 Å². The average Bonchev–Trinajstić information content (AvgIpc) is 3.27. The summed E-state index contributed by atoms with van der Waals surface area (Å²) in [6.45, 7) is 8.14. The molecule has 2 fully saturated rings. The summed E-state index contributed by atoms with van der Waals surface area (Å²) in [5.74, 6) is 0.784. The Morgan fingerprint density at radius 1 is 1.28 bits per heavy atom. The van der Waals surface area contributed by atoms with Gasteiger partial charge in [-0.25, -0.2) is 8.42 Å². The maximum atomic E-state index is 12.0. The van der Waals surface area contributed by atoms with Crippen molar-refractivity contribution in [2.45, 2.75) is 57.8 Å². The third kappa shape index (κ3) is 6.17. The Kier molecular flexibility index (Phi) is 7.54. The van der Waals surface area contributed by atoms with Crippen molar-refractivity contribution in [2.75, 3.05) is 32.4 Å². The number of hydrogen-bond acceptors (Lipinski definition) is 4. The Labute approximate surface area is 175 Å². The first-order chi connectivity index (χ1) is 13.9. The van der Waals surface area contributed by atoms with Gasteiger partial charge in [0.2, 0.25) is 10.0 Å². The highest BCUT2D eigenvalue weighted by molar-refractivity contribution is 7.88. The quantitative estimate of drug-likeness (QED) is 0.517. The van der Waals surface area contributed by atoms with Crippen molar-refractivity contribution < 1.29 is 8.42 Å². The van der Waals surface area contributed by atoms with Gasteiger partial charge in [0.1, 0.15) is 0 Å². The number of likely N-dealkylation sites (tertiary alicyclic amines) is 1. The third-order valence-electron chi connectivity index (χ3n) is 5.83. The van der Waals surface area contributed by atoms with E-state index in [-0.39, 0.29) is 6.04 Å². The van der Waals surface area contributed by atoms with Crippen LogP contribution in [0.25, 0.3) is 0 Å². The summed E-state index contributed by atoms with van der Waals surface area (Å²) >= 11 is 0. The van der Waals surface area contributed by atoms with Crippen molar-refractivity contribution in [2.24, 2.45) is 4.99 Å². The molecule has 29 heavy (non-hydrogen) atoms. The number of rotatable bonds is 7. The molecule has 3 rings (SSSR count). The smallest absolute Gasteiger partial charge is 0.211 e. The average molecular weight is 422 g/mol. The molecule has 0 spiro atoms. The molecule has 0 saturated carbocycles. The Morgan fingerprint density at radius 2 is 2.03 bits per heavy atom. The highest BCUT2D eigenvalue weighted by atomic mass is 32.2. The van der Waals surface area contributed by atoms with Gasteiger partial charge >= 0.3 is 0 Å². The fraction of sp³-hybridized carbons (Fsp3) is 0.667. The van der Waals surface area contributed by atoms with Crippen LogP contribution >= 0.6 is 0 Å². The summed E-state index contributed by atoms with van der Waals surface area (Å²) in [5, 5.41) is 6.89. The van der Waals surface area contributed by atoms with Crippen LogP contribution in [-0.2, 0) is 16.6 Å². The molecule has 0 radical (unpaired) electrons. The highest BCUT2D eigenvalue weighted by Crippen LogP contribution is 2.21. The van der Waals surface area contributed by atoms with Crippen molar-refractivity contribution in [3.8, 4) is 0 Å². The van der Waals surface area contributed by atoms with Crippen molar-refractivity contribution >= 4 is 16.0 Å². The van der Waals surface area contributed by atoms with Gasteiger partial charge < -0.3 is 10.6 Å². The van der Waals surface area contributed by atoms with Gasteiger partial charge in [0.25, 0.3) is 0 Å². The summed E-state index contributed by atoms with van der Waals surface area (Å²) in [6, 6.07) is 11.4. The minimum atomic E-state index is -3.16. The van der Waals surface area contributed by atoms with Crippen LogP contribution in [0.4, 0.5) is 0 Å². The first-order valence-corrected chi connectivity index (χ1v) is 12.5. The standard InChI is InChI=1S/C21H35N5O2S/c1-4-22-21(23-14-20-11-8-12-26(20)29(3,27)28)24-19-13-17(2)25(16-19)15-18-9-6-5-7-10-18/h5-7,9-10,17,19-20H,4,8,11-16H2,1-3H3,(H2,22,23,24)/t17?,19?,20-/m1/s1. The number of guanidine groups is 1. The molecule has 3 atom stereocenters. The van der Waals surface area contributed by atoms with Crippen LogP contribution in [0, 0.1) is 0 Å². The predicted octanol–water partition coefficient (Wildman–Crippen LogP) is 1.63. The second kappa shape index (κ2) is 9.91. The highest BCUT2D eigenvalue weighted by Gasteiger charge is 2.32. The van der Waals surface area contributed by atoms with Gasteiger partial charge in [-0.3, -0.25) is 9.89 Å². The van der Waals surface area contributed by atoms with Crippen LogP contribution in [0.2, 0.25) is 0 Å². The molecular weight excluding hydrogens is 386 g/mol. The summed E-state index contributed by atoms with van der Waals surface area (Å²) in [5.41, 5.74) is 1.34. The molecule has 1 aromatic carbocycles. The normalized spacial score (nSPS) is 26.7. The predicted molar refractivity (Wildman–Crippen MR) is 118 cm³/mol. The molecule has 8 heteroatoms. The molecule has 2 unspecified atom stereocenters. The van der Waals surface area contributed by atoms with Crippen LogP contribution < -0.4 is 10.6 Å². The van der Waals surface area contributed by atoms with Crippen LogP contribution in [0.1, 0.15) is 38.7 Å². The minimum absolute atomic E-state index is 0.0301. The van der Waals surface area contributed by atoms with Gasteiger partial charge in [-0.15, -0.1) is 0 Å². The lowest BCUT2D eigenvalue weighted by atomic mass is 10.2. The molecule has 2 aliphatic heterocycles. The number of benzene rings is 1. The van der Waals surface area contributed by atoms with Gasteiger partial charge in [-0.2, -0.15) is 4.31 Å². The van der Waals surface area contributed by atoms with E-state index in [4.69, 9.17) is 4.99 Å². The molecule has 2 saturated heterocycles. The second-order valence-corrected chi connectivity index (χ2v) is 10.2. The van der Waals surface area contributed by atoms with Crippen molar-refractivity contribution in [3.63, 3.8) is 0 Å². The van der Waals surface area contributed by atoms with E-state index >= 15 is 0 Å². The van der Waals surface area contributed by atoms with E-state index in [2.05, 4.69) is 59.7 Å². The SMILES string of the molecule is CCNC(=NC[C@H]1CCCN1S(C)(=O)=O)NC1CC(C)N(Cc2ccccc2)C1. The fourth-order valence-electron chi connectivity index (χ4n) is 4.38.